The van der Waals surface area contributed by atoms with Crippen LogP contribution in [0.5, 0.6) is 23.0 Å². The summed E-state index contributed by atoms with van der Waals surface area (Å²) >= 11 is 0. The molecule has 248 valence electrons. The van der Waals surface area contributed by atoms with E-state index in [9.17, 15) is 18.8 Å². The van der Waals surface area contributed by atoms with Crippen molar-refractivity contribution in [3.8, 4) is 23.0 Å². The van der Waals surface area contributed by atoms with Gasteiger partial charge in [0.15, 0.2) is 23.1 Å². The van der Waals surface area contributed by atoms with Crippen LogP contribution in [0.2, 0.25) is 0 Å². The minimum absolute atomic E-state index is 0. The van der Waals surface area contributed by atoms with Crippen LogP contribution in [0.15, 0.2) is 66.9 Å². The number of nitrogens with one attached hydrogen (secondary N) is 2. The fourth-order valence-corrected chi connectivity index (χ4v) is 5.01. The predicted octanol–water partition coefficient (Wildman–Crippen LogP) is 6.83. The summed E-state index contributed by atoms with van der Waals surface area (Å²) in [7, 11) is 0. The molecule has 3 aromatic carbocycles. The van der Waals surface area contributed by atoms with Gasteiger partial charge in [-0.05, 0) is 81.1 Å². The first-order valence-corrected chi connectivity index (χ1v) is 15.4. The molecular weight excluding hydrogens is 635 g/mol. The minimum atomic E-state index is -1.29. The van der Waals surface area contributed by atoms with Crippen LogP contribution in [0.4, 0.5) is 20.2 Å². The number of pyridine rings is 1. The van der Waals surface area contributed by atoms with Gasteiger partial charge in [0.2, 0.25) is 11.8 Å². The molecule has 0 aliphatic heterocycles. The molecule has 0 saturated heterocycles. The Morgan fingerprint density at radius 3 is 2.15 bits per heavy atom. The maximum absolute atomic E-state index is 15.3. The van der Waals surface area contributed by atoms with Crippen LogP contribution >= 0.6 is 0 Å². The molecule has 1 aliphatic carbocycles. The molecule has 0 spiro atoms. The third-order valence-corrected chi connectivity index (χ3v) is 7.74. The van der Waals surface area contributed by atoms with Crippen molar-refractivity contribution in [1.82, 2.24) is 4.98 Å². The number of anilines is 2. The third kappa shape index (κ3) is 9.21. The Labute approximate surface area is 298 Å². The van der Waals surface area contributed by atoms with E-state index in [1.54, 1.807) is 18.2 Å². The van der Waals surface area contributed by atoms with Gasteiger partial charge >= 0.3 is 35.5 Å². The summed E-state index contributed by atoms with van der Waals surface area (Å²) in [5.41, 5.74) is -0.229. The van der Waals surface area contributed by atoms with Crippen LogP contribution in [0.1, 0.15) is 51.9 Å². The molecule has 1 saturated carbocycles. The van der Waals surface area contributed by atoms with E-state index in [0.29, 0.717) is 66.3 Å². The number of aliphatic carboxylic acids is 1. The van der Waals surface area contributed by atoms with Gasteiger partial charge in [-0.25, -0.2) is 8.78 Å². The van der Waals surface area contributed by atoms with Gasteiger partial charge in [-0.3, -0.25) is 19.4 Å². The predicted molar refractivity (Wildman–Crippen MR) is 178 cm³/mol. The number of amides is 2. The molecule has 10 nitrogen and oxygen atoms in total. The Morgan fingerprint density at radius 2 is 1.48 bits per heavy atom. The van der Waals surface area contributed by atoms with Crippen LogP contribution < -0.4 is 24.8 Å². The first-order valence-electron chi connectivity index (χ1n) is 15.4. The van der Waals surface area contributed by atoms with Gasteiger partial charge in [0.05, 0.1) is 18.7 Å². The number of ether oxygens (including phenoxy) is 3. The number of benzene rings is 3. The van der Waals surface area contributed by atoms with Crippen LogP contribution in [-0.2, 0) is 14.4 Å². The first kappa shape index (κ1) is 36.6. The van der Waals surface area contributed by atoms with Crippen LogP contribution in [-0.4, -0.2) is 70.6 Å². The van der Waals surface area contributed by atoms with E-state index >= 15 is 4.39 Å². The molecule has 48 heavy (non-hydrogen) atoms. The number of fused-ring (bicyclic) bond motifs is 1. The van der Waals surface area contributed by atoms with Crippen molar-refractivity contribution < 1.29 is 42.5 Å². The molecule has 1 heterocycles. The van der Waals surface area contributed by atoms with Gasteiger partial charge in [0, 0.05) is 41.5 Å². The van der Waals surface area contributed by atoms with E-state index in [0.717, 1.165) is 25.3 Å². The molecule has 1 aromatic heterocycles. The van der Waals surface area contributed by atoms with Crippen molar-refractivity contribution in [2.75, 3.05) is 23.8 Å². The number of unbranched alkanes of at least 4 members (excludes halogenated alkanes) is 3. The Morgan fingerprint density at radius 1 is 0.812 bits per heavy atom. The molecule has 13 heteroatoms. The number of carbonyl (C=O) groups excluding carboxylic acids is 2. The molecule has 0 atom stereocenters. The Balaban J connectivity index is 0.00000520. The fraction of sp³-hybridized carbons (Fsp3) is 0.314. The van der Waals surface area contributed by atoms with Crippen molar-refractivity contribution >= 4 is 69.6 Å². The second kappa shape index (κ2) is 16.7. The molecule has 0 unspecified atom stereocenters. The molecule has 0 bridgehead atoms. The number of carboxylic acid groups (broad SMARTS) is 1. The van der Waals surface area contributed by atoms with Crippen molar-refractivity contribution in [3.63, 3.8) is 0 Å². The van der Waals surface area contributed by atoms with Gasteiger partial charge in [-0.2, -0.15) is 0 Å². The molecule has 3 N–H and O–H groups in total. The van der Waals surface area contributed by atoms with Crippen molar-refractivity contribution in [3.05, 3.63) is 78.5 Å². The average Bonchev–Trinajstić information content (AvgIpc) is 3.86. The van der Waals surface area contributed by atoms with E-state index in [2.05, 4.69) is 15.6 Å². The summed E-state index contributed by atoms with van der Waals surface area (Å²) < 4.78 is 46.2. The zero-order valence-electron chi connectivity index (χ0n) is 25.8. The zero-order chi connectivity index (χ0) is 33.4. The quantitative estimate of drug-likeness (QED) is 0.0671. The third-order valence-electron chi connectivity index (χ3n) is 7.74. The number of hydrogen-bond acceptors (Lipinski definition) is 7. The Hall–Kier alpha value is -4.26. The summed E-state index contributed by atoms with van der Waals surface area (Å²) in [6, 6.07) is 14.3. The van der Waals surface area contributed by atoms with Crippen molar-refractivity contribution in [2.24, 2.45) is 5.41 Å². The number of carboxylic acids is 1. The van der Waals surface area contributed by atoms with Crippen LogP contribution in [0.25, 0.3) is 10.9 Å². The molecule has 0 radical (unpaired) electrons. The van der Waals surface area contributed by atoms with Crippen LogP contribution in [0, 0.1) is 17.0 Å². The summed E-state index contributed by atoms with van der Waals surface area (Å²) in [5.74, 6) is -1.85. The second-order valence-electron chi connectivity index (χ2n) is 11.2. The second-order valence-corrected chi connectivity index (χ2v) is 11.2. The SMILES string of the molecule is CCOc1cc2c(Oc3ccc(NC(=O)C4(C(=O)Nc5ccc(F)cc5)CC4)cc3F)ccnc2cc1OCCCCCCC(=O)O.[NaH]. The molecule has 1 fully saturated rings. The monoisotopic (exact) mass is 671 g/mol. The van der Waals surface area contributed by atoms with E-state index in [4.69, 9.17) is 19.3 Å². The number of carbonyl (C=O) groups is 3. The number of rotatable bonds is 16. The molecule has 2 amide bonds. The van der Waals surface area contributed by atoms with Gasteiger partial charge in [-0.1, -0.05) is 12.8 Å². The fourth-order valence-electron chi connectivity index (χ4n) is 5.01. The number of halogens is 2. The summed E-state index contributed by atoms with van der Waals surface area (Å²) in [5, 5.41) is 14.6. The normalized spacial score (nSPS) is 12.8. The van der Waals surface area contributed by atoms with Crippen molar-refractivity contribution in [2.45, 2.75) is 51.9 Å². The van der Waals surface area contributed by atoms with E-state index in [-0.39, 0.29) is 47.4 Å². The Bertz CT molecular complexity index is 1770. The van der Waals surface area contributed by atoms with Gasteiger partial charge in [-0.15, -0.1) is 0 Å². The molecule has 4 aromatic rings. The average molecular weight is 672 g/mol. The maximum atomic E-state index is 15.3. The molecule has 1 aliphatic rings. The summed E-state index contributed by atoms with van der Waals surface area (Å²) in [6.45, 7) is 2.64. The van der Waals surface area contributed by atoms with Crippen LogP contribution in [0.3, 0.4) is 0 Å². The van der Waals surface area contributed by atoms with Gasteiger partial charge in [0.25, 0.3) is 0 Å². The van der Waals surface area contributed by atoms with E-state index in [1.165, 1.54) is 42.6 Å². The standard InChI is InChI=1S/C35H35F2N3O7.Na.H/c1-2-45-30-20-25-27(21-31(30)46-18-6-4-3-5-7-32(41)42)38-17-14-28(25)47-29-13-12-24(19-26(29)37)40-34(44)35(15-16-35)33(43)39-23-10-8-22(36)9-11-23;;/h8-14,17,19-21H,2-7,15-16,18H2,1H3,(H,39,43)(H,40,44)(H,41,42);;. The zero-order valence-corrected chi connectivity index (χ0v) is 25.8. The van der Waals surface area contributed by atoms with Gasteiger partial charge in [0.1, 0.15) is 17.0 Å². The van der Waals surface area contributed by atoms with E-state index < -0.39 is 34.8 Å². The van der Waals surface area contributed by atoms with E-state index in [1.807, 2.05) is 6.92 Å². The Kier molecular flexibility index (Phi) is 12.7. The summed E-state index contributed by atoms with van der Waals surface area (Å²) in [4.78, 5) is 41.0. The molecule has 5 rings (SSSR count). The first-order chi connectivity index (χ1) is 22.7. The topological polar surface area (TPSA) is 136 Å². The van der Waals surface area contributed by atoms with Gasteiger partial charge < -0.3 is 30.0 Å². The number of aromatic nitrogens is 1. The molecular formula is C35H36F2N3NaO7. The number of hydrogen-bond donors (Lipinski definition) is 3. The summed E-state index contributed by atoms with van der Waals surface area (Å²) in [6.07, 6.45) is 5.35. The number of nitrogens with zero attached hydrogens (tertiary/aromatic N) is 1. The van der Waals surface area contributed by atoms with Crippen molar-refractivity contribution in [1.29, 1.82) is 0 Å².